The summed E-state index contributed by atoms with van der Waals surface area (Å²) in [6.45, 7) is 7.03. The Labute approximate surface area is 167 Å². The van der Waals surface area contributed by atoms with Gasteiger partial charge in [0.15, 0.2) is 5.96 Å². The maximum absolute atomic E-state index is 11.4. The van der Waals surface area contributed by atoms with Crippen LogP contribution in [0.5, 0.6) is 0 Å². The van der Waals surface area contributed by atoms with Gasteiger partial charge in [-0.05, 0) is 25.8 Å². The van der Waals surface area contributed by atoms with Crippen molar-refractivity contribution in [2.24, 2.45) is 12.0 Å². The summed E-state index contributed by atoms with van der Waals surface area (Å²) in [7, 11) is -1.22. The van der Waals surface area contributed by atoms with E-state index in [0.717, 1.165) is 32.0 Å². The van der Waals surface area contributed by atoms with Gasteiger partial charge in [-0.1, -0.05) is 0 Å². The monoisotopic (exact) mass is 484 g/mol. The normalized spacial score (nSPS) is 18.3. The van der Waals surface area contributed by atoms with Crippen LogP contribution in [0.25, 0.3) is 0 Å². The van der Waals surface area contributed by atoms with Gasteiger partial charge in [-0.2, -0.15) is 5.10 Å². The van der Waals surface area contributed by atoms with E-state index in [1.165, 1.54) is 5.56 Å². The third-order valence-corrected chi connectivity index (χ3v) is 5.50. The van der Waals surface area contributed by atoms with Gasteiger partial charge in [-0.15, -0.1) is 24.0 Å². The summed E-state index contributed by atoms with van der Waals surface area (Å²) in [4.78, 5) is 6.78. The van der Waals surface area contributed by atoms with Crippen molar-refractivity contribution in [1.29, 1.82) is 0 Å². The van der Waals surface area contributed by atoms with Crippen LogP contribution in [0, 0.1) is 0 Å². The van der Waals surface area contributed by atoms with Gasteiger partial charge < -0.3 is 10.2 Å². The second-order valence-corrected chi connectivity index (χ2v) is 8.01. The van der Waals surface area contributed by atoms with Gasteiger partial charge in [0.05, 0.1) is 18.5 Å². The Kier molecular flexibility index (Phi) is 9.14. The van der Waals surface area contributed by atoms with Crippen molar-refractivity contribution in [3.8, 4) is 0 Å². The van der Waals surface area contributed by atoms with Crippen LogP contribution in [0.1, 0.15) is 31.7 Å². The number of aryl methyl sites for hydroxylation is 1. The van der Waals surface area contributed by atoms with Crippen molar-refractivity contribution in [2.75, 3.05) is 38.5 Å². The lowest BCUT2D eigenvalue weighted by Crippen LogP contribution is -2.40. The van der Waals surface area contributed by atoms with Crippen LogP contribution >= 0.6 is 24.0 Å². The average molecular weight is 484 g/mol. The first kappa shape index (κ1) is 22.2. The van der Waals surface area contributed by atoms with E-state index < -0.39 is 10.0 Å². The molecule has 1 aliphatic heterocycles. The highest BCUT2D eigenvalue weighted by atomic mass is 127. The molecule has 1 aliphatic rings. The number of aromatic nitrogens is 2. The number of sulfonamides is 1. The zero-order chi connectivity index (χ0) is 17.6. The van der Waals surface area contributed by atoms with E-state index in [9.17, 15) is 8.42 Å². The van der Waals surface area contributed by atoms with Crippen molar-refractivity contribution < 1.29 is 8.42 Å². The van der Waals surface area contributed by atoms with E-state index in [4.69, 9.17) is 0 Å². The molecule has 1 aromatic rings. The maximum atomic E-state index is 11.4. The quantitative estimate of drug-likeness (QED) is 0.258. The molecular weight excluding hydrogens is 455 g/mol. The fraction of sp³-hybridized carbons (Fsp3) is 0.733. The lowest BCUT2D eigenvalue weighted by atomic mass is 10.0. The largest absolute Gasteiger partial charge is 0.357 e. The number of hydrogen-bond donors (Lipinski definition) is 2. The van der Waals surface area contributed by atoms with Crippen LogP contribution in [0.3, 0.4) is 0 Å². The fourth-order valence-corrected chi connectivity index (χ4v) is 3.37. The maximum Gasteiger partial charge on any atom is 0.211 e. The SMILES string of the molecule is CCNC(=NCCNS(=O)(=O)CC)N1CCC(c2cnn(C)c2)C1.I. The predicted octanol–water partition coefficient (Wildman–Crippen LogP) is 0.732. The highest BCUT2D eigenvalue weighted by Crippen LogP contribution is 2.26. The molecule has 1 unspecified atom stereocenters. The van der Waals surface area contributed by atoms with Crippen molar-refractivity contribution >= 4 is 40.0 Å². The molecule has 10 heteroatoms. The first-order chi connectivity index (χ1) is 11.4. The summed E-state index contributed by atoms with van der Waals surface area (Å²) in [5.41, 5.74) is 1.26. The van der Waals surface area contributed by atoms with Gasteiger partial charge >= 0.3 is 0 Å². The van der Waals surface area contributed by atoms with Crippen LogP contribution < -0.4 is 10.0 Å². The molecule has 1 fully saturated rings. The lowest BCUT2D eigenvalue weighted by Gasteiger charge is -2.21. The van der Waals surface area contributed by atoms with Crippen LogP contribution in [0.15, 0.2) is 17.4 Å². The smallest absolute Gasteiger partial charge is 0.211 e. The molecular formula is C15H29IN6O2S. The summed E-state index contributed by atoms with van der Waals surface area (Å²) in [5.74, 6) is 1.40. The van der Waals surface area contributed by atoms with Gasteiger partial charge in [-0.3, -0.25) is 9.67 Å². The van der Waals surface area contributed by atoms with Gasteiger partial charge in [0.2, 0.25) is 10.0 Å². The number of nitrogens with one attached hydrogen (secondary N) is 2. The molecule has 0 amide bonds. The van der Waals surface area contributed by atoms with Crippen molar-refractivity contribution in [3.05, 3.63) is 18.0 Å². The highest BCUT2D eigenvalue weighted by Gasteiger charge is 2.26. The minimum absolute atomic E-state index is 0. The average Bonchev–Trinajstić information content (AvgIpc) is 3.19. The predicted molar refractivity (Wildman–Crippen MR) is 111 cm³/mol. The van der Waals surface area contributed by atoms with Gasteiger partial charge in [0, 0.05) is 45.3 Å². The van der Waals surface area contributed by atoms with E-state index in [2.05, 4.69) is 31.2 Å². The van der Waals surface area contributed by atoms with E-state index in [1.807, 2.05) is 24.9 Å². The molecule has 25 heavy (non-hydrogen) atoms. The third kappa shape index (κ3) is 6.74. The minimum Gasteiger partial charge on any atom is -0.357 e. The summed E-state index contributed by atoms with van der Waals surface area (Å²) in [6, 6.07) is 0. The highest BCUT2D eigenvalue weighted by molar-refractivity contribution is 14.0. The molecule has 0 aromatic carbocycles. The number of nitrogens with zero attached hydrogens (tertiary/aromatic N) is 4. The topological polar surface area (TPSA) is 91.6 Å². The molecule has 2 heterocycles. The molecule has 0 saturated carbocycles. The zero-order valence-electron chi connectivity index (χ0n) is 15.1. The molecule has 0 radical (unpaired) electrons. The number of aliphatic imine (C=N–C) groups is 1. The minimum atomic E-state index is -3.15. The number of halogens is 1. The van der Waals surface area contributed by atoms with E-state index >= 15 is 0 Å². The Hall–Kier alpha value is -0.880. The summed E-state index contributed by atoms with van der Waals surface area (Å²) in [5, 5.41) is 7.54. The number of hydrogen-bond acceptors (Lipinski definition) is 4. The Balaban J connectivity index is 0.00000312. The molecule has 8 nitrogen and oxygen atoms in total. The first-order valence-electron chi connectivity index (χ1n) is 8.44. The van der Waals surface area contributed by atoms with Crippen LogP contribution in [-0.4, -0.2) is 67.5 Å². The van der Waals surface area contributed by atoms with Crippen LogP contribution in [0.4, 0.5) is 0 Å². The summed E-state index contributed by atoms with van der Waals surface area (Å²) < 4.78 is 27.2. The standard InChI is InChI=1S/C15H28N6O2S.HI/c1-4-16-15(17-7-8-19-24(22,23)5-2)21-9-6-13(12-21)14-10-18-20(3)11-14;/h10-11,13,19H,4-9,12H2,1-3H3,(H,16,17);1H. The summed E-state index contributed by atoms with van der Waals surface area (Å²) in [6.07, 6.45) is 5.06. The number of guanidine groups is 1. The Bertz CT molecular complexity index is 661. The Morgan fingerprint density at radius 3 is 2.80 bits per heavy atom. The van der Waals surface area contributed by atoms with E-state index in [-0.39, 0.29) is 29.7 Å². The van der Waals surface area contributed by atoms with E-state index in [0.29, 0.717) is 19.0 Å². The molecule has 144 valence electrons. The number of likely N-dealkylation sites (tertiary alicyclic amines) is 1. The Morgan fingerprint density at radius 2 is 2.20 bits per heavy atom. The zero-order valence-corrected chi connectivity index (χ0v) is 18.3. The van der Waals surface area contributed by atoms with Gasteiger partial charge in [0.1, 0.15) is 0 Å². The van der Waals surface area contributed by atoms with E-state index in [1.54, 1.807) is 6.92 Å². The molecule has 1 aromatic heterocycles. The lowest BCUT2D eigenvalue weighted by molar-refractivity contribution is 0.486. The number of rotatable bonds is 7. The molecule has 0 bridgehead atoms. The van der Waals surface area contributed by atoms with Crippen LogP contribution in [-0.2, 0) is 17.1 Å². The van der Waals surface area contributed by atoms with Crippen molar-refractivity contribution in [3.63, 3.8) is 0 Å². The molecule has 1 saturated heterocycles. The van der Waals surface area contributed by atoms with Gasteiger partial charge in [0.25, 0.3) is 0 Å². The van der Waals surface area contributed by atoms with Crippen molar-refractivity contribution in [2.45, 2.75) is 26.2 Å². The first-order valence-corrected chi connectivity index (χ1v) is 10.1. The van der Waals surface area contributed by atoms with Gasteiger partial charge in [-0.25, -0.2) is 13.1 Å². The second kappa shape index (κ2) is 10.3. The van der Waals surface area contributed by atoms with Crippen LogP contribution in [0.2, 0.25) is 0 Å². The fourth-order valence-electron chi connectivity index (χ4n) is 2.77. The molecule has 0 spiro atoms. The molecule has 1 atom stereocenters. The second-order valence-electron chi connectivity index (χ2n) is 5.91. The third-order valence-electron chi connectivity index (χ3n) is 4.09. The Morgan fingerprint density at radius 1 is 1.44 bits per heavy atom. The van der Waals surface area contributed by atoms with Crippen molar-refractivity contribution in [1.82, 2.24) is 24.7 Å². The molecule has 0 aliphatic carbocycles. The molecule has 2 rings (SSSR count). The summed E-state index contributed by atoms with van der Waals surface area (Å²) >= 11 is 0. The molecule has 2 N–H and O–H groups in total.